The molecule has 0 aliphatic rings. The summed E-state index contributed by atoms with van der Waals surface area (Å²) in [5.41, 5.74) is 1.12. The van der Waals surface area contributed by atoms with Crippen LogP contribution in [0.3, 0.4) is 0 Å². The van der Waals surface area contributed by atoms with E-state index in [2.05, 4.69) is 4.98 Å². The number of nitrogens with one attached hydrogen (secondary N) is 1. The van der Waals surface area contributed by atoms with Crippen molar-refractivity contribution in [1.82, 2.24) is 10.3 Å². The Labute approximate surface area is 92.9 Å². The van der Waals surface area contributed by atoms with Gasteiger partial charge in [0.05, 0.1) is 0 Å². The molecule has 15 heavy (non-hydrogen) atoms. The molecule has 78 valence electrons. The molecule has 1 aromatic rings. The summed E-state index contributed by atoms with van der Waals surface area (Å²) in [4.78, 5) is 15.4. The van der Waals surface area contributed by atoms with E-state index in [1.165, 1.54) is 6.07 Å². The summed E-state index contributed by atoms with van der Waals surface area (Å²) in [5.74, 6) is -0.459. The van der Waals surface area contributed by atoms with Crippen LogP contribution in [0.5, 0.6) is 0 Å². The van der Waals surface area contributed by atoms with Gasteiger partial charge in [-0.2, -0.15) is 5.26 Å². The van der Waals surface area contributed by atoms with E-state index in [1.807, 2.05) is 12.2 Å². The second-order valence-electron chi connectivity index (χ2n) is 2.99. The maximum atomic E-state index is 11.3. The number of aromatic nitrogens is 1. The number of hydrogen-bond donors (Lipinski definition) is 1. The molecule has 0 saturated heterocycles. The topological polar surface area (TPSA) is 65.8 Å². The van der Waals surface area contributed by atoms with Gasteiger partial charge in [-0.1, -0.05) is 24.9 Å². The molecule has 0 fully saturated rings. The number of rotatable bonds is 3. The Hall–Kier alpha value is -1.60. The van der Waals surface area contributed by atoms with Crippen molar-refractivity contribution in [3.8, 4) is 6.19 Å². The molecule has 0 aliphatic carbocycles. The highest BCUT2D eigenvalue weighted by atomic mass is 35.5. The van der Waals surface area contributed by atoms with Gasteiger partial charge < -0.3 is 0 Å². The summed E-state index contributed by atoms with van der Waals surface area (Å²) < 4.78 is 0. The zero-order valence-corrected chi connectivity index (χ0v) is 9.01. The number of carbonyl (C=O) groups is 1. The maximum absolute atomic E-state index is 11.3. The number of amides is 1. The van der Waals surface area contributed by atoms with Crippen molar-refractivity contribution in [2.45, 2.75) is 19.8 Å². The molecular weight excluding hydrogens is 214 g/mol. The highest BCUT2D eigenvalue weighted by Gasteiger charge is 2.08. The molecule has 0 aliphatic heterocycles. The van der Waals surface area contributed by atoms with E-state index in [-0.39, 0.29) is 5.15 Å². The molecule has 4 nitrogen and oxygen atoms in total. The molecule has 0 spiro atoms. The van der Waals surface area contributed by atoms with E-state index < -0.39 is 5.91 Å². The minimum absolute atomic E-state index is 0.268. The lowest BCUT2D eigenvalue weighted by Crippen LogP contribution is -2.17. The number of aryl methyl sites for hydroxylation is 1. The Morgan fingerprint density at radius 3 is 3.00 bits per heavy atom. The Kier molecular flexibility index (Phi) is 4.07. The van der Waals surface area contributed by atoms with E-state index in [0.29, 0.717) is 5.56 Å². The third-order valence-electron chi connectivity index (χ3n) is 1.78. The first-order valence-electron chi connectivity index (χ1n) is 4.53. The first kappa shape index (κ1) is 11.5. The first-order chi connectivity index (χ1) is 7.17. The van der Waals surface area contributed by atoms with Crippen LogP contribution in [0.25, 0.3) is 0 Å². The number of halogens is 1. The van der Waals surface area contributed by atoms with Crippen LogP contribution in [-0.4, -0.2) is 10.9 Å². The molecule has 1 aromatic heterocycles. The quantitative estimate of drug-likeness (QED) is 0.484. The zero-order chi connectivity index (χ0) is 11.3. The molecule has 1 N–H and O–H groups in total. The number of nitrogens with zero attached hydrogens (tertiary/aromatic N) is 2. The monoisotopic (exact) mass is 223 g/mol. The predicted octanol–water partition coefficient (Wildman–Crippen LogP) is 1.90. The van der Waals surface area contributed by atoms with Crippen LogP contribution in [0.4, 0.5) is 0 Å². The van der Waals surface area contributed by atoms with Gasteiger partial charge in [0, 0.05) is 11.3 Å². The molecule has 1 amide bonds. The third kappa shape index (κ3) is 3.22. The van der Waals surface area contributed by atoms with Crippen molar-refractivity contribution in [3.63, 3.8) is 0 Å². The number of pyridine rings is 1. The van der Waals surface area contributed by atoms with Gasteiger partial charge in [0.1, 0.15) is 5.15 Å². The number of carbonyl (C=O) groups excluding carboxylic acids is 1. The van der Waals surface area contributed by atoms with Crippen LogP contribution in [0.2, 0.25) is 5.15 Å². The SMILES string of the molecule is CCCc1cc(C(=O)NC#N)cc(Cl)n1. The first-order valence-corrected chi connectivity index (χ1v) is 4.91. The fraction of sp³-hybridized carbons (Fsp3) is 0.300. The molecule has 1 heterocycles. The summed E-state index contributed by atoms with van der Waals surface area (Å²) in [5, 5.41) is 10.6. The molecule has 0 unspecified atom stereocenters. The van der Waals surface area contributed by atoms with Crippen LogP contribution in [-0.2, 0) is 6.42 Å². The van der Waals surface area contributed by atoms with E-state index >= 15 is 0 Å². The van der Waals surface area contributed by atoms with Crippen LogP contribution in [0.15, 0.2) is 12.1 Å². The lowest BCUT2D eigenvalue weighted by molar-refractivity contribution is 0.0972. The summed E-state index contributed by atoms with van der Waals surface area (Å²) in [7, 11) is 0. The minimum atomic E-state index is -0.459. The van der Waals surface area contributed by atoms with Crippen LogP contribution < -0.4 is 5.32 Å². The van der Waals surface area contributed by atoms with Gasteiger partial charge in [-0.15, -0.1) is 0 Å². The van der Waals surface area contributed by atoms with Crippen molar-refractivity contribution < 1.29 is 4.79 Å². The van der Waals surface area contributed by atoms with Gasteiger partial charge in [-0.25, -0.2) is 4.98 Å². The van der Waals surface area contributed by atoms with Crippen molar-refractivity contribution in [1.29, 1.82) is 5.26 Å². The van der Waals surface area contributed by atoms with Crippen molar-refractivity contribution in [2.24, 2.45) is 0 Å². The summed E-state index contributed by atoms with van der Waals surface area (Å²) in [6.45, 7) is 2.01. The minimum Gasteiger partial charge on any atom is -0.268 e. The van der Waals surface area contributed by atoms with Gasteiger partial charge in [-0.05, 0) is 18.6 Å². The lowest BCUT2D eigenvalue weighted by atomic mass is 10.1. The van der Waals surface area contributed by atoms with Gasteiger partial charge in [-0.3, -0.25) is 10.1 Å². The highest BCUT2D eigenvalue weighted by molar-refractivity contribution is 6.29. The Morgan fingerprint density at radius 2 is 2.40 bits per heavy atom. The van der Waals surface area contributed by atoms with Crippen molar-refractivity contribution >= 4 is 17.5 Å². The van der Waals surface area contributed by atoms with E-state index in [1.54, 1.807) is 12.3 Å². The average Bonchev–Trinajstić information content (AvgIpc) is 2.17. The molecule has 0 radical (unpaired) electrons. The van der Waals surface area contributed by atoms with Crippen molar-refractivity contribution in [2.75, 3.05) is 0 Å². The fourth-order valence-corrected chi connectivity index (χ4v) is 1.42. The molecule has 0 saturated carbocycles. The highest BCUT2D eigenvalue weighted by Crippen LogP contribution is 2.12. The summed E-state index contributed by atoms with van der Waals surface area (Å²) in [6, 6.07) is 3.08. The van der Waals surface area contributed by atoms with E-state index in [9.17, 15) is 4.79 Å². The standard InChI is InChI=1S/C10H10ClN3O/c1-2-3-8-4-7(5-9(11)14-8)10(15)13-6-12/h4-5H,2-3H2,1H3,(H,13,15). The van der Waals surface area contributed by atoms with E-state index in [0.717, 1.165) is 18.5 Å². The van der Waals surface area contributed by atoms with Crippen molar-refractivity contribution in [3.05, 3.63) is 28.5 Å². The molecule has 0 atom stereocenters. The normalized spacial score (nSPS) is 9.40. The average molecular weight is 224 g/mol. The maximum Gasteiger partial charge on any atom is 0.264 e. The fourth-order valence-electron chi connectivity index (χ4n) is 1.19. The predicted molar refractivity (Wildman–Crippen MR) is 56.3 cm³/mol. The number of nitriles is 1. The second-order valence-corrected chi connectivity index (χ2v) is 3.37. The summed E-state index contributed by atoms with van der Waals surface area (Å²) >= 11 is 5.76. The molecule has 0 aromatic carbocycles. The van der Waals surface area contributed by atoms with Gasteiger partial charge >= 0.3 is 0 Å². The third-order valence-corrected chi connectivity index (χ3v) is 1.98. The molecule has 5 heteroatoms. The Bertz CT molecular complexity index is 412. The molecule has 1 rings (SSSR count). The van der Waals surface area contributed by atoms with Gasteiger partial charge in [0.25, 0.3) is 5.91 Å². The lowest BCUT2D eigenvalue weighted by Gasteiger charge is -2.02. The van der Waals surface area contributed by atoms with E-state index in [4.69, 9.17) is 16.9 Å². The van der Waals surface area contributed by atoms with Gasteiger partial charge in [0.15, 0.2) is 6.19 Å². The Balaban J connectivity index is 2.98. The zero-order valence-electron chi connectivity index (χ0n) is 8.25. The molecule has 0 bridgehead atoms. The van der Waals surface area contributed by atoms with Crippen LogP contribution in [0, 0.1) is 11.5 Å². The van der Waals surface area contributed by atoms with Gasteiger partial charge in [0.2, 0.25) is 0 Å². The smallest absolute Gasteiger partial charge is 0.264 e. The number of hydrogen-bond acceptors (Lipinski definition) is 3. The Morgan fingerprint density at radius 1 is 1.67 bits per heavy atom. The second kappa shape index (κ2) is 5.32. The largest absolute Gasteiger partial charge is 0.268 e. The molecular formula is C10H10ClN3O. The van der Waals surface area contributed by atoms with Crippen LogP contribution >= 0.6 is 11.6 Å². The van der Waals surface area contributed by atoms with Crippen LogP contribution in [0.1, 0.15) is 29.4 Å². The summed E-state index contributed by atoms with van der Waals surface area (Å²) in [6.07, 6.45) is 3.25.